The Kier molecular flexibility index (Phi) is 4.55. The van der Waals surface area contributed by atoms with Gasteiger partial charge in [0.15, 0.2) is 0 Å². The number of piperidine rings is 1. The average molecular weight is 236 g/mol. The molecule has 3 N–H and O–H groups in total. The second-order valence-electron chi connectivity index (χ2n) is 4.60. The number of rotatable bonds is 5. The van der Waals surface area contributed by atoms with Crippen LogP contribution < -0.4 is 10.6 Å². The fraction of sp³-hybridized carbons (Fsp3) is 0.667. The molecule has 1 aliphatic heterocycles. The highest BCUT2D eigenvalue weighted by molar-refractivity contribution is 5.75. The highest BCUT2D eigenvalue weighted by atomic mass is 16.1. The first-order valence-electron chi connectivity index (χ1n) is 6.29. The highest BCUT2D eigenvalue weighted by Crippen LogP contribution is 2.15. The minimum Gasteiger partial charge on any atom is -0.350 e. The van der Waals surface area contributed by atoms with Crippen LogP contribution in [0.4, 0.5) is 0 Å². The molecule has 0 bridgehead atoms. The maximum Gasteiger partial charge on any atom is 0.220 e. The van der Waals surface area contributed by atoms with Crippen molar-refractivity contribution in [3.8, 4) is 0 Å². The zero-order valence-corrected chi connectivity index (χ0v) is 10.0. The summed E-state index contributed by atoms with van der Waals surface area (Å²) in [6, 6.07) is 0. The monoisotopic (exact) mass is 236 g/mol. The van der Waals surface area contributed by atoms with Crippen LogP contribution >= 0.6 is 0 Å². The van der Waals surface area contributed by atoms with Gasteiger partial charge in [-0.3, -0.25) is 4.79 Å². The van der Waals surface area contributed by atoms with Crippen molar-refractivity contribution in [3.63, 3.8) is 0 Å². The highest BCUT2D eigenvalue weighted by Gasteiger charge is 2.14. The van der Waals surface area contributed by atoms with Gasteiger partial charge < -0.3 is 15.6 Å². The van der Waals surface area contributed by atoms with E-state index in [0.29, 0.717) is 18.9 Å². The number of H-pyrrole nitrogens is 1. The van der Waals surface area contributed by atoms with Crippen molar-refractivity contribution < 1.29 is 4.79 Å². The quantitative estimate of drug-likeness (QED) is 0.708. The fourth-order valence-electron chi connectivity index (χ4n) is 2.17. The van der Waals surface area contributed by atoms with Gasteiger partial charge in [-0.05, 0) is 38.3 Å². The van der Waals surface area contributed by atoms with E-state index in [-0.39, 0.29) is 5.91 Å². The third-order valence-electron chi connectivity index (χ3n) is 3.21. The van der Waals surface area contributed by atoms with Gasteiger partial charge in [0.05, 0.1) is 18.6 Å². The van der Waals surface area contributed by atoms with Gasteiger partial charge in [-0.1, -0.05) is 0 Å². The van der Waals surface area contributed by atoms with Gasteiger partial charge in [0.2, 0.25) is 5.91 Å². The lowest BCUT2D eigenvalue weighted by Gasteiger charge is -2.22. The van der Waals surface area contributed by atoms with E-state index in [9.17, 15) is 4.79 Å². The van der Waals surface area contributed by atoms with E-state index < -0.39 is 0 Å². The van der Waals surface area contributed by atoms with Crippen LogP contribution in [0.2, 0.25) is 0 Å². The van der Waals surface area contributed by atoms with Crippen LogP contribution in [-0.4, -0.2) is 29.0 Å². The number of carbonyl (C=O) groups is 1. The maximum absolute atomic E-state index is 11.6. The van der Waals surface area contributed by atoms with E-state index in [1.54, 1.807) is 12.5 Å². The zero-order valence-electron chi connectivity index (χ0n) is 10.0. The summed E-state index contributed by atoms with van der Waals surface area (Å²) in [4.78, 5) is 18.5. The van der Waals surface area contributed by atoms with Crippen molar-refractivity contribution in [1.82, 2.24) is 20.6 Å². The molecule has 1 unspecified atom stereocenters. The Morgan fingerprint density at radius 3 is 3.24 bits per heavy atom. The number of amides is 1. The lowest BCUT2D eigenvalue weighted by atomic mass is 9.94. The molecule has 1 aromatic rings. The number of hydrogen-bond donors (Lipinski definition) is 3. The molecule has 2 heterocycles. The molecule has 1 aromatic heterocycles. The molecule has 1 saturated heterocycles. The number of nitrogens with one attached hydrogen (secondary N) is 3. The van der Waals surface area contributed by atoms with Crippen molar-refractivity contribution in [1.29, 1.82) is 0 Å². The summed E-state index contributed by atoms with van der Waals surface area (Å²) in [5.74, 6) is 0.798. The van der Waals surface area contributed by atoms with Crippen molar-refractivity contribution >= 4 is 5.91 Å². The smallest absolute Gasteiger partial charge is 0.220 e. The number of nitrogens with zero attached hydrogens (tertiary/aromatic N) is 1. The van der Waals surface area contributed by atoms with Crippen LogP contribution in [0.15, 0.2) is 12.5 Å². The molecule has 1 fully saturated rings. The molecule has 1 amide bonds. The summed E-state index contributed by atoms with van der Waals surface area (Å²) >= 11 is 0. The number of carbonyl (C=O) groups excluding carboxylic acids is 1. The van der Waals surface area contributed by atoms with Gasteiger partial charge in [-0.15, -0.1) is 0 Å². The predicted octanol–water partition coefficient (Wildman–Crippen LogP) is 0.806. The van der Waals surface area contributed by atoms with Gasteiger partial charge in [0.25, 0.3) is 0 Å². The minimum absolute atomic E-state index is 0.130. The first-order chi connectivity index (χ1) is 8.34. The number of hydrogen-bond acceptors (Lipinski definition) is 3. The van der Waals surface area contributed by atoms with E-state index >= 15 is 0 Å². The summed E-state index contributed by atoms with van der Waals surface area (Å²) in [5.41, 5.74) is 0.942. The van der Waals surface area contributed by atoms with Gasteiger partial charge in [0, 0.05) is 12.6 Å². The van der Waals surface area contributed by atoms with Crippen LogP contribution in [0.3, 0.4) is 0 Å². The van der Waals surface area contributed by atoms with Crippen molar-refractivity contribution in [3.05, 3.63) is 18.2 Å². The Balaban J connectivity index is 1.60. The Morgan fingerprint density at radius 1 is 1.59 bits per heavy atom. The summed E-state index contributed by atoms with van der Waals surface area (Å²) in [6.45, 7) is 2.73. The molecule has 0 aliphatic carbocycles. The molecule has 1 aliphatic rings. The summed E-state index contributed by atoms with van der Waals surface area (Å²) < 4.78 is 0. The summed E-state index contributed by atoms with van der Waals surface area (Å²) in [5, 5.41) is 6.26. The molecule has 0 saturated carbocycles. The summed E-state index contributed by atoms with van der Waals surface area (Å²) in [7, 11) is 0. The lowest BCUT2D eigenvalue weighted by Crippen LogP contribution is -2.31. The van der Waals surface area contributed by atoms with Crippen molar-refractivity contribution in [2.45, 2.75) is 32.2 Å². The molecule has 1 atom stereocenters. The number of imidazole rings is 1. The average Bonchev–Trinajstić information content (AvgIpc) is 2.88. The molecule has 5 nitrogen and oxygen atoms in total. The fourth-order valence-corrected chi connectivity index (χ4v) is 2.17. The van der Waals surface area contributed by atoms with Gasteiger partial charge >= 0.3 is 0 Å². The number of aromatic amines is 1. The first-order valence-corrected chi connectivity index (χ1v) is 6.29. The molecular formula is C12H20N4O. The van der Waals surface area contributed by atoms with Crippen molar-refractivity contribution in [2.75, 3.05) is 13.1 Å². The van der Waals surface area contributed by atoms with E-state index in [1.807, 2.05) is 0 Å². The Bertz CT molecular complexity index is 330. The Labute approximate surface area is 101 Å². The maximum atomic E-state index is 11.6. The SMILES string of the molecule is O=C(CCC1CCCNC1)NCc1cnc[nH]1. The van der Waals surface area contributed by atoms with Crippen LogP contribution in [0.25, 0.3) is 0 Å². The molecule has 17 heavy (non-hydrogen) atoms. The minimum atomic E-state index is 0.130. The Hall–Kier alpha value is -1.36. The van der Waals surface area contributed by atoms with Crippen molar-refractivity contribution in [2.24, 2.45) is 5.92 Å². The molecule has 94 valence electrons. The normalized spacial score (nSPS) is 20.1. The third kappa shape index (κ3) is 4.19. The molecular weight excluding hydrogens is 216 g/mol. The van der Waals surface area contributed by atoms with Crippen LogP contribution in [0.5, 0.6) is 0 Å². The molecule has 2 rings (SSSR count). The third-order valence-corrected chi connectivity index (χ3v) is 3.21. The van der Waals surface area contributed by atoms with Gasteiger partial charge in [-0.25, -0.2) is 4.98 Å². The predicted molar refractivity (Wildman–Crippen MR) is 65.3 cm³/mol. The summed E-state index contributed by atoms with van der Waals surface area (Å²) in [6.07, 6.45) is 7.45. The standard InChI is InChI=1S/C12H20N4O/c17-12(15-8-11-7-14-9-16-11)4-3-10-2-1-5-13-6-10/h7,9-10,13H,1-6,8H2,(H,14,16)(H,15,17). The number of aromatic nitrogens is 2. The van der Waals surface area contributed by atoms with Gasteiger partial charge in [-0.2, -0.15) is 0 Å². The van der Waals surface area contributed by atoms with Crippen LogP contribution in [0.1, 0.15) is 31.4 Å². The largest absolute Gasteiger partial charge is 0.350 e. The topological polar surface area (TPSA) is 69.8 Å². The van der Waals surface area contributed by atoms with E-state index in [2.05, 4.69) is 20.6 Å². The second kappa shape index (κ2) is 6.39. The second-order valence-corrected chi connectivity index (χ2v) is 4.60. The van der Waals surface area contributed by atoms with E-state index in [4.69, 9.17) is 0 Å². The van der Waals surface area contributed by atoms with E-state index in [0.717, 1.165) is 25.2 Å². The van der Waals surface area contributed by atoms with E-state index in [1.165, 1.54) is 12.8 Å². The molecule has 0 aromatic carbocycles. The molecule has 0 radical (unpaired) electrons. The van der Waals surface area contributed by atoms with Crippen LogP contribution in [0, 0.1) is 5.92 Å². The first kappa shape index (κ1) is 12.1. The Morgan fingerprint density at radius 2 is 2.53 bits per heavy atom. The molecule has 5 heteroatoms. The van der Waals surface area contributed by atoms with Gasteiger partial charge in [0.1, 0.15) is 0 Å². The lowest BCUT2D eigenvalue weighted by molar-refractivity contribution is -0.121. The zero-order chi connectivity index (χ0) is 11.9. The van der Waals surface area contributed by atoms with Crippen LogP contribution in [-0.2, 0) is 11.3 Å². The molecule has 0 spiro atoms.